The molecule has 3 aromatic rings. The molecule has 35 heavy (non-hydrogen) atoms. The minimum absolute atomic E-state index is 0.123. The third-order valence-corrected chi connectivity index (χ3v) is 6.68. The number of hydrogen-bond donors (Lipinski definition) is 1. The standard InChI is InChI=1S/C25H17Cl2F3INO3/c1-2-34-22-10-14(9-20(31)23(22)35-12-13-3-6-18(26)19(27)8-13)7-17-16-5-4-15(25(28,29)30)11-21(16)32-24(17)33/h3-11H,2,12H2,1H3,(H,32,33)/b17-7-. The second-order valence-corrected chi connectivity index (χ2v) is 9.55. The minimum atomic E-state index is -4.50. The molecule has 3 aromatic carbocycles. The molecule has 1 N–H and O–H groups in total. The number of benzene rings is 3. The lowest BCUT2D eigenvalue weighted by molar-refractivity contribution is -0.137. The molecule has 0 fully saturated rings. The fourth-order valence-corrected chi connectivity index (χ4v) is 4.64. The van der Waals surface area contributed by atoms with E-state index in [1.807, 2.05) is 6.92 Å². The third kappa shape index (κ3) is 5.70. The quantitative estimate of drug-likeness (QED) is 0.221. The predicted octanol–water partition coefficient (Wildman–Crippen LogP) is 8.09. The summed E-state index contributed by atoms with van der Waals surface area (Å²) >= 11 is 14.2. The molecule has 4 rings (SSSR count). The van der Waals surface area contributed by atoms with Gasteiger partial charge in [-0.25, -0.2) is 0 Å². The summed E-state index contributed by atoms with van der Waals surface area (Å²) in [4.78, 5) is 12.5. The van der Waals surface area contributed by atoms with Gasteiger partial charge in [-0.1, -0.05) is 35.3 Å². The number of ether oxygens (including phenoxy) is 2. The number of hydrogen-bond acceptors (Lipinski definition) is 3. The first kappa shape index (κ1) is 25.7. The van der Waals surface area contributed by atoms with Crippen molar-refractivity contribution < 1.29 is 27.4 Å². The fourth-order valence-electron chi connectivity index (χ4n) is 3.54. The van der Waals surface area contributed by atoms with E-state index in [-0.39, 0.29) is 17.9 Å². The maximum atomic E-state index is 13.0. The Morgan fingerprint density at radius 3 is 2.49 bits per heavy atom. The number of amides is 1. The number of carbonyl (C=O) groups is 1. The largest absolute Gasteiger partial charge is 0.490 e. The number of rotatable bonds is 6. The van der Waals surface area contributed by atoms with Crippen molar-refractivity contribution in [2.45, 2.75) is 19.7 Å². The van der Waals surface area contributed by atoms with Gasteiger partial charge in [-0.05, 0) is 83.1 Å². The molecule has 0 spiro atoms. The van der Waals surface area contributed by atoms with Crippen LogP contribution in [0.15, 0.2) is 48.5 Å². The van der Waals surface area contributed by atoms with Crippen molar-refractivity contribution >= 4 is 69.0 Å². The zero-order valence-electron chi connectivity index (χ0n) is 18.1. The molecular weight excluding hydrogens is 617 g/mol. The Hall–Kier alpha value is -2.43. The summed E-state index contributed by atoms with van der Waals surface area (Å²) < 4.78 is 51.6. The van der Waals surface area contributed by atoms with Crippen LogP contribution in [0.5, 0.6) is 11.5 Å². The van der Waals surface area contributed by atoms with Crippen molar-refractivity contribution in [2.75, 3.05) is 11.9 Å². The van der Waals surface area contributed by atoms with Crippen LogP contribution in [0.3, 0.4) is 0 Å². The van der Waals surface area contributed by atoms with Gasteiger partial charge < -0.3 is 14.8 Å². The second kappa shape index (κ2) is 10.3. The highest BCUT2D eigenvalue weighted by Gasteiger charge is 2.33. The lowest BCUT2D eigenvalue weighted by Gasteiger charge is -2.15. The van der Waals surface area contributed by atoms with E-state index in [9.17, 15) is 18.0 Å². The molecule has 0 bridgehead atoms. The predicted molar refractivity (Wildman–Crippen MR) is 139 cm³/mol. The molecular formula is C25H17Cl2F3INO3. The van der Waals surface area contributed by atoms with E-state index in [4.69, 9.17) is 32.7 Å². The van der Waals surface area contributed by atoms with E-state index < -0.39 is 17.6 Å². The van der Waals surface area contributed by atoms with E-state index in [0.717, 1.165) is 21.3 Å². The zero-order chi connectivity index (χ0) is 25.3. The molecule has 0 radical (unpaired) electrons. The summed E-state index contributed by atoms with van der Waals surface area (Å²) in [5.41, 5.74) is 1.41. The van der Waals surface area contributed by atoms with Gasteiger partial charge in [-0.3, -0.25) is 4.79 Å². The van der Waals surface area contributed by atoms with Crippen LogP contribution in [0.1, 0.15) is 29.2 Å². The summed E-state index contributed by atoms with van der Waals surface area (Å²) in [6, 6.07) is 11.9. The van der Waals surface area contributed by atoms with E-state index >= 15 is 0 Å². The van der Waals surface area contributed by atoms with Crippen LogP contribution >= 0.6 is 45.8 Å². The van der Waals surface area contributed by atoms with Gasteiger partial charge in [-0.15, -0.1) is 0 Å². The van der Waals surface area contributed by atoms with Crippen molar-refractivity contribution in [1.82, 2.24) is 0 Å². The first-order chi connectivity index (χ1) is 16.6. The first-order valence-electron chi connectivity index (χ1n) is 10.3. The van der Waals surface area contributed by atoms with Gasteiger partial charge in [-0.2, -0.15) is 13.2 Å². The molecule has 0 saturated heterocycles. The van der Waals surface area contributed by atoms with E-state index in [1.165, 1.54) is 6.07 Å². The monoisotopic (exact) mass is 633 g/mol. The Labute approximate surface area is 223 Å². The maximum absolute atomic E-state index is 13.0. The highest BCUT2D eigenvalue weighted by Crippen LogP contribution is 2.40. The molecule has 1 heterocycles. The number of alkyl halides is 3. The van der Waals surface area contributed by atoms with Crippen LogP contribution in [0.25, 0.3) is 11.6 Å². The Balaban J connectivity index is 1.65. The van der Waals surface area contributed by atoms with Crippen LogP contribution in [0.2, 0.25) is 10.0 Å². The molecule has 1 aliphatic rings. The molecule has 0 saturated carbocycles. The van der Waals surface area contributed by atoms with E-state index in [2.05, 4.69) is 27.9 Å². The van der Waals surface area contributed by atoms with Crippen LogP contribution < -0.4 is 14.8 Å². The van der Waals surface area contributed by atoms with Crippen molar-refractivity contribution in [2.24, 2.45) is 0 Å². The summed E-state index contributed by atoms with van der Waals surface area (Å²) in [6.07, 6.45) is -2.89. The van der Waals surface area contributed by atoms with Gasteiger partial charge in [0.05, 0.1) is 25.8 Å². The Morgan fingerprint density at radius 1 is 1.03 bits per heavy atom. The van der Waals surface area contributed by atoms with E-state index in [0.29, 0.717) is 39.3 Å². The van der Waals surface area contributed by atoms with Crippen molar-refractivity contribution in [3.63, 3.8) is 0 Å². The summed E-state index contributed by atoms with van der Waals surface area (Å²) in [5, 5.41) is 3.38. The average Bonchev–Trinajstić information content (AvgIpc) is 3.09. The van der Waals surface area contributed by atoms with Gasteiger partial charge in [0.25, 0.3) is 5.91 Å². The normalized spacial score (nSPS) is 14.1. The molecule has 10 heteroatoms. The number of nitrogens with one attached hydrogen (secondary N) is 1. The van der Waals surface area contributed by atoms with E-state index in [1.54, 1.807) is 36.4 Å². The molecule has 1 aliphatic heterocycles. The molecule has 0 aliphatic carbocycles. The van der Waals surface area contributed by atoms with Crippen molar-refractivity contribution in [1.29, 1.82) is 0 Å². The number of fused-ring (bicyclic) bond motifs is 1. The smallest absolute Gasteiger partial charge is 0.416 e. The Bertz CT molecular complexity index is 1340. The summed E-state index contributed by atoms with van der Waals surface area (Å²) in [6.45, 7) is 2.44. The Morgan fingerprint density at radius 2 is 1.80 bits per heavy atom. The SMILES string of the molecule is CCOc1cc(/C=C2\C(=O)Nc3cc(C(F)(F)F)ccc32)cc(I)c1OCc1ccc(Cl)c(Cl)c1. The molecule has 4 nitrogen and oxygen atoms in total. The lowest BCUT2D eigenvalue weighted by atomic mass is 10.0. The summed E-state index contributed by atoms with van der Waals surface area (Å²) in [5.74, 6) is 0.511. The highest BCUT2D eigenvalue weighted by atomic mass is 127. The number of halogens is 6. The van der Waals surface area contributed by atoms with Crippen molar-refractivity contribution in [3.05, 3.63) is 84.4 Å². The molecule has 182 valence electrons. The summed E-state index contributed by atoms with van der Waals surface area (Å²) in [7, 11) is 0. The zero-order valence-corrected chi connectivity index (χ0v) is 21.8. The number of anilines is 1. The maximum Gasteiger partial charge on any atom is 0.416 e. The molecule has 0 atom stereocenters. The van der Waals surface area contributed by atoms with Gasteiger partial charge in [0, 0.05) is 16.8 Å². The van der Waals surface area contributed by atoms with Gasteiger partial charge in [0.2, 0.25) is 0 Å². The molecule has 0 unspecified atom stereocenters. The van der Waals surface area contributed by atoms with Crippen LogP contribution in [0, 0.1) is 3.57 Å². The molecule has 1 amide bonds. The van der Waals surface area contributed by atoms with Crippen LogP contribution in [-0.4, -0.2) is 12.5 Å². The minimum Gasteiger partial charge on any atom is -0.490 e. The fraction of sp³-hybridized carbons (Fsp3) is 0.160. The van der Waals surface area contributed by atoms with Gasteiger partial charge >= 0.3 is 6.18 Å². The highest BCUT2D eigenvalue weighted by molar-refractivity contribution is 14.1. The third-order valence-electron chi connectivity index (χ3n) is 5.14. The van der Waals surface area contributed by atoms with Crippen molar-refractivity contribution in [3.8, 4) is 11.5 Å². The molecule has 0 aromatic heterocycles. The first-order valence-corrected chi connectivity index (χ1v) is 12.2. The second-order valence-electron chi connectivity index (χ2n) is 7.57. The van der Waals surface area contributed by atoms with Crippen LogP contribution in [-0.2, 0) is 17.6 Å². The topological polar surface area (TPSA) is 47.6 Å². The average molecular weight is 634 g/mol. The Kier molecular flexibility index (Phi) is 7.54. The van der Waals surface area contributed by atoms with Gasteiger partial charge in [0.15, 0.2) is 11.5 Å². The lowest BCUT2D eigenvalue weighted by Crippen LogP contribution is -2.06. The van der Waals surface area contributed by atoms with Gasteiger partial charge in [0.1, 0.15) is 6.61 Å². The number of carbonyl (C=O) groups excluding carboxylic acids is 1. The van der Waals surface area contributed by atoms with Crippen LogP contribution in [0.4, 0.5) is 18.9 Å².